The van der Waals surface area contributed by atoms with Gasteiger partial charge in [0.05, 0.1) is 12.8 Å². The first-order valence-electron chi connectivity index (χ1n) is 9.89. The van der Waals surface area contributed by atoms with Crippen molar-refractivity contribution in [3.63, 3.8) is 0 Å². The number of carbonyl (C=O) groups is 2. The van der Waals surface area contributed by atoms with E-state index in [0.29, 0.717) is 39.0 Å². The largest absolute Gasteiger partial charge is 0.339 e. The van der Waals surface area contributed by atoms with Gasteiger partial charge in [0.2, 0.25) is 11.8 Å². The summed E-state index contributed by atoms with van der Waals surface area (Å²) in [6, 6.07) is 16.3. The Kier molecular flexibility index (Phi) is 5.23. The van der Waals surface area contributed by atoms with Crippen LogP contribution in [0.2, 0.25) is 0 Å². The van der Waals surface area contributed by atoms with Gasteiger partial charge in [-0.25, -0.2) is 0 Å². The quantitative estimate of drug-likeness (QED) is 0.839. The van der Waals surface area contributed by atoms with Crippen molar-refractivity contribution in [2.24, 2.45) is 0 Å². The Morgan fingerprint density at radius 3 is 1.96 bits per heavy atom. The van der Waals surface area contributed by atoms with Crippen LogP contribution in [0.15, 0.2) is 48.5 Å². The van der Waals surface area contributed by atoms with Crippen LogP contribution in [0.5, 0.6) is 0 Å². The van der Waals surface area contributed by atoms with Crippen molar-refractivity contribution in [3.8, 4) is 0 Å². The molecule has 2 amide bonds. The molecular weight excluding hydrogens is 336 g/mol. The predicted octanol–water partition coefficient (Wildman–Crippen LogP) is 2.63. The highest BCUT2D eigenvalue weighted by Crippen LogP contribution is 2.23. The van der Waals surface area contributed by atoms with Crippen LogP contribution in [-0.4, -0.2) is 47.8 Å². The molecule has 0 unspecified atom stereocenters. The zero-order chi connectivity index (χ0) is 18.6. The highest BCUT2D eigenvalue weighted by atomic mass is 16.2. The Morgan fingerprint density at radius 2 is 1.30 bits per heavy atom. The number of piperazine rings is 1. The molecule has 0 spiro atoms. The molecule has 1 fully saturated rings. The number of hydrogen-bond acceptors (Lipinski definition) is 2. The Hall–Kier alpha value is -2.62. The third-order valence-electron chi connectivity index (χ3n) is 5.70. The van der Waals surface area contributed by atoms with Gasteiger partial charge in [-0.15, -0.1) is 0 Å². The Labute approximate surface area is 160 Å². The molecule has 140 valence electrons. The molecular formula is C23H26N2O2. The van der Waals surface area contributed by atoms with Crippen LogP contribution in [0.1, 0.15) is 28.7 Å². The van der Waals surface area contributed by atoms with Gasteiger partial charge in [-0.1, -0.05) is 48.5 Å². The van der Waals surface area contributed by atoms with Crippen LogP contribution in [0.3, 0.4) is 0 Å². The van der Waals surface area contributed by atoms with Gasteiger partial charge < -0.3 is 9.80 Å². The second-order valence-electron chi connectivity index (χ2n) is 7.56. The normalized spacial score (nSPS) is 16.3. The molecule has 1 aliphatic heterocycles. The first-order valence-corrected chi connectivity index (χ1v) is 9.89. The minimum atomic E-state index is 0.145. The van der Waals surface area contributed by atoms with Crippen LogP contribution in [0.4, 0.5) is 0 Å². The number of rotatable bonds is 4. The van der Waals surface area contributed by atoms with Crippen LogP contribution in [0, 0.1) is 0 Å². The molecule has 4 rings (SSSR count). The third kappa shape index (κ3) is 4.21. The molecule has 2 aromatic rings. The summed E-state index contributed by atoms with van der Waals surface area (Å²) in [7, 11) is 0. The summed E-state index contributed by atoms with van der Waals surface area (Å²) in [5.74, 6) is 0.315. The van der Waals surface area contributed by atoms with Gasteiger partial charge in [0.1, 0.15) is 0 Å². The number of amides is 2. The van der Waals surface area contributed by atoms with E-state index in [2.05, 4.69) is 18.2 Å². The Bertz CT molecular complexity index is 824. The zero-order valence-electron chi connectivity index (χ0n) is 15.7. The van der Waals surface area contributed by atoms with Gasteiger partial charge >= 0.3 is 0 Å². The highest BCUT2D eigenvalue weighted by molar-refractivity contribution is 5.81. The molecule has 0 N–H and O–H groups in total. The first-order chi connectivity index (χ1) is 13.2. The van der Waals surface area contributed by atoms with E-state index in [1.165, 1.54) is 24.0 Å². The summed E-state index contributed by atoms with van der Waals surface area (Å²) in [6.07, 6.45) is 4.43. The summed E-state index contributed by atoms with van der Waals surface area (Å²) in [4.78, 5) is 28.9. The Morgan fingerprint density at radius 1 is 0.704 bits per heavy atom. The minimum Gasteiger partial charge on any atom is -0.339 e. The van der Waals surface area contributed by atoms with Gasteiger partial charge in [-0.3, -0.25) is 9.59 Å². The standard InChI is InChI=1S/C23H26N2O2/c26-22(16-18-5-2-1-3-6-18)24-11-13-25(14-12-24)23(27)17-19-9-10-20-7-4-8-21(20)15-19/h1-3,5-6,9-10,15H,4,7-8,11-14,16-17H2. The topological polar surface area (TPSA) is 40.6 Å². The molecule has 27 heavy (non-hydrogen) atoms. The molecule has 1 heterocycles. The molecule has 1 saturated heterocycles. The molecule has 0 aromatic heterocycles. The van der Waals surface area contributed by atoms with Crippen LogP contribution in [0.25, 0.3) is 0 Å². The lowest BCUT2D eigenvalue weighted by Crippen LogP contribution is -2.51. The van der Waals surface area contributed by atoms with E-state index < -0.39 is 0 Å². The van der Waals surface area contributed by atoms with Crippen LogP contribution < -0.4 is 0 Å². The average Bonchev–Trinajstić information content (AvgIpc) is 3.16. The van der Waals surface area contributed by atoms with Crippen molar-refractivity contribution in [1.29, 1.82) is 0 Å². The molecule has 2 aliphatic rings. The lowest BCUT2D eigenvalue weighted by Gasteiger charge is -2.35. The minimum absolute atomic E-state index is 0.145. The summed E-state index contributed by atoms with van der Waals surface area (Å²) >= 11 is 0. The zero-order valence-corrected chi connectivity index (χ0v) is 15.7. The van der Waals surface area contributed by atoms with E-state index in [4.69, 9.17) is 0 Å². The molecule has 4 heteroatoms. The summed E-state index contributed by atoms with van der Waals surface area (Å²) in [5, 5.41) is 0. The van der Waals surface area contributed by atoms with Gasteiger partial charge in [0.15, 0.2) is 0 Å². The van der Waals surface area contributed by atoms with E-state index >= 15 is 0 Å². The number of carbonyl (C=O) groups excluding carboxylic acids is 2. The van der Waals surface area contributed by atoms with Crippen molar-refractivity contribution < 1.29 is 9.59 Å². The predicted molar refractivity (Wildman–Crippen MR) is 105 cm³/mol. The first kappa shape index (κ1) is 17.8. The maximum absolute atomic E-state index is 12.7. The highest BCUT2D eigenvalue weighted by Gasteiger charge is 2.24. The van der Waals surface area contributed by atoms with Crippen molar-refractivity contribution in [2.45, 2.75) is 32.1 Å². The molecule has 0 radical (unpaired) electrons. The lowest BCUT2D eigenvalue weighted by molar-refractivity contribution is -0.138. The van der Waals surface area contributed by atoms with E-state index in [-0.39, 0.29) is 11.8 Å². The number of nitrogens with zero attached hydrogens (tertiary/aromatic N) is 2. The van der Waals surface area contributed by atoms with Crippen molar-refractivity contribution in [1.82, 2.24) is 9.80 Å². The molecule has 0 bridgehead atoms. The monoisotopic (exact) mass is 362 g/mol. The van der Waals surface area contributed by atoms with Gasteiger partial charge in [0, 0.05) is 26.2 Å². The molecule has 4 nitrogen and oxygen atoms in total. The second-order valence-corrected chi connectivity index (χ2v) is 7.56. The third-order valence-corrected chi connectivity index (χ3v) is 5.70. The lowest BCUT2D eigenvalue weighted by atomic mass is 10.0. The summed E-state index contributed by atoms with van der Waals surface area (Å²) < 4.78 is 0. The van der Waals surface area contributed by atoms with Crippen LogP contribution in [-0.2, 0) is 35.3 Å². The van der Waals surface area contributed by atoms with E-state index in [0.717, 1.165) is 17.5 Å². The number of fused-ring (bicyclic) bond motifs is 1. The van der Waals surface area contributed by atoms with Crippen molar-refractivity contribution in [3.05, 3.63) is 70.8 Å². The van der Waals surface area contributed by atoms with Crippen LogP contribution >= 0.6 is 0 Å². The Balaban J connectivity index is 1.28. The molecule has 2 aromatic carbocycles. The van der Waals surface area contributed by atoms with E-state index in [1.54, 1.807) is 0 Å². The number of benzene rings is 2. The van der Waals surface area contributed by atoms with E-state index in [1.807, 2.05) is 40.1 Å². The second kappa shape index (κ2) is 7.95. The van der Waals surface area contributed by atoms with Gasteiger partial charge in [-0.05, 0) is 41.5 Å². The van der Waals surface area contributed by atoms with Crippen molar-refractivity contribution in [2.75, 3.05) is 26.2 Å². The van der Waals surface area contributed by atoms with Crippen molar-refractivity contribution >= 4 is 11.8 Å². The van der Waals surface area contributed by atoms with E-state index in [9.17, 15) is 9.59 Å². The number of hydrogen-bond donors (Lipinski definition) is 0. The summed E-state index contributed by atoms with van der Waals surface area (Å²) in [5.41, 5.74) is 5.01. The van der Waals surface area contributed by atoms with Gasteiger partial charge in [0.25, 0.3) is 0 Å². The molecule has 0 atom stereocenters. The molecule has 0 saturated carbocycles. The fourth-order valence-electron chi connectivity index (χ4n) is 4.11. The summed E-state index contributed by atoms with van der Waals surface area (Å²) in [6.45, 7) is 2.51. The fourth-order valence-corrected chi connectivity index (χ4v) is 4.11. The fraction of sp³-hybridized carbons (Fsp3) is 0.391. The SMILES string of the molecule is O=C(Cc1ccccc1)N1CCN(C(=O)Cc2ccc3c(c2)CCC3)CC1. The molecule has 1 aliphatic carbocycles. The maximum Gasteiger partial charge on any atom is 0.227 e. The smallest absolute Gasteiger partial charge is 0.227 e. The number of aryl methyl sites for hydroxylation is 2. The van der Waals surface area contributed by atoms with Gasteiger partial charge in [-0.2, -0.15) is 0 Å². The average molecular weight is 362 g/mol. The maximum atomic E-state index is 12.7.